The van der Waals surface area contributed by atoms with Crippen LogP contribution in [-0.2, 0) is 0 Å². The van der Waals surface area contributed by atoms with E-state index in [9.17, 15) is 10.2 Å². The van der Waals surface area contributed by atoms with E-state index in [1.54, 1.807) is 0 Å². The summed E-state index contributed by atoms with van der Waals surface area (Å²) in [5, 5.41) is 20.8. The van der Waals surface area contributed by atoms with Crippen LogP contribution in [0.4, 0.5) is 0 Å². The Bertz CT molecular complexity index is 514. The van der Waals surface area contributed by atoms with Crippen LogP contribution in [0.1, 0.15) is 65.2 Å². The SMILES string of the molecule is C[C@]12CCC(O)C=C1CC[C@@H]1[C@H]2CC[C@@]2(C)[C@H]1CCC2(O)Br. The van der Waals surface area contributed by atoms with Crippen molar-refractivity contribution in [2.45, 2.75) is 75.8 Å². The Labute approximate surface area is 142 Å². The van der Waals surface area contributed by atoms with Gasteiger partial charge in [0, 0.05) is 5.41 Å². The minimum atomic E-state index is -0.657. The van der Waals surface area contributed by atoms with Crippen LogP contribution in [0.5, 0.6) is 0 Å². The summed E-state index contributed by atoms with van der Waals surface area (Å²) in [5.41, 5.74) is 1.87. The molecular weight excluding hydrogens is 340 g/mol. The molecule has 0 radical (unpaired) electrons. The van der Waals surface area contributed by atoms with E-state index in [-0.39, 0.29) is 11.5 Å². The molecule has 3 saturated carbocycles. The summed E-state index contributed by atoms with van der Waals surface area (Å²) < 4.78 is -0.657. The van der Waals surface area contributed by atoms with E-state index >= 15 is 0 Å². The molecule has 3 heteroatoms. The fourth-order valence-corrected chi connectivity index (χ4v) is 7.39. The van der Waals surface area contributed by atoms with Gasteiger partial charge in [0.15, 0.2) is 0 Å². The van der Waals surface area contributed by atoms with Gasteiger partial charge in [-0.2, -0.15) is 0 Å². The molecule has 2 nitrogen and oxygen atoms in total. The van der Waals surface area contributed by atoms with Gasteiger partial charge in [0.05, 0.1) is 6.10 Å². The average Bonchev–Trinajstić information content (AvgIpc) is 2.70. The number of fused-ring (bicyclic) bond motifs is 5. The summed E-state index contributed by atoms with van der Waals surface area (Å²) in [4.78, 5) is 0. The largest absolute Gasteiger partial charge is 0.389 e. The second-order valence-electron chi connectivity index (χ2n) is 8.89. The number of halogens is 1. The quantitative estimate of drug-likeness (QED) is 0.491. The first-order valence-electron chi connectivity index (χ1n) is 9.08. The molecule has 3 fully saturated rings. The molecule has 4 aliphatic carbocycles. The summed E-state index contributed by atoms with van der Waals surface area (Å²) in [7, 11) is 0. The third-order valence-electron chi connectivity index (χ3n) is 8.14. The van der Waals surface area contributed by atoms with Crippen LogP contribution in [0.3, 0.4) is 0 Å². The fraction of sp³-hybridized carbons (Fsp3) is 0.895. The van der Waals surface area contributed by atoms with Gasteiger partial charge in [0.2, 0.25) is 0 Å². The Hall–Kier alpha value is 0.140. The molecule has 124 valence electrons. The van der Waals surface area contributed by atoms with Crippen LogP contribution in [0.15, 0.2) is 11.6 Å². The molecule has 0 aromatic rings. The Morgan fingerprint density at radius 3 is 2.55 bits per heavy atom. The lowest BCUT2D eigenvalue weighted by Gasteiger charge is -2.58. The molecule has 0 saturated heterocycles. The lowest BCUT2D eigenvalue weighted by molar-refractivity contribution is -0.0855. The maximum absolute atomic E-state index is 10.8. The van der Waals surface area contributed by atoms with E-state index in [4.69, 9.17) is 0 Å². The molecule has 7 atom stereocenters. The first-order valence-corrected chi connectivity index (χ1v) is 9.88. The fourth-order valence-electron chi connectivity index (χ4n) is 6.67. The van der Waals surface area contributed by atoms with Crippen LogP contribution >= 0.6 is 15.9 Å². The third kappa shape index (κ3) is 1.91. The topological polar surface area (TPSA) is 40.5 Å². The molecule has 0 bridgehead atoms. The predicted molar refractivity (Wildman–Crippen MR) is 91.6 cm³/mol. The van der Waals surface area contributed by atoms with Crippen molar-refractivity contribution < 1.29 is 10.2 Å². The minimum absolute atomic E-state index is 0.0416. The van der Waals surface area contributed by atoms with Crippen molar-refractivity contribution in [3.05, 3.63) is 11.6 Å². The van der Waals surface area contributed by atoms with Gasteiger partial charge < -0.3 is 10.2 Å². The summed E-state index contributed by atoms with van der Waals surface area (Å²) in [5.74, 6) is 2.16. The highest BCUT2D eigenvalue weighted by atomic mass is 79.9. The number of hydrogen-bond donors (Lipinski definition) is 2. The predicted octanol–water partition coefficient (Wildman–Crippen LogP) is 4.39. The van der Waals surface area contributed by atoms with E-state index in [1.165, 1.54) is 18.4 Å². The van der Waals surface area contributed by atoms with Gasteiger partial charge in [-0.1, -0.05) is 41.4 Å². The highest BCUT2D eigenvalue weighted by Gasteiger charge is 2.63. The molecule has 2 N–H and O–H groups in total. The molecule has 0 spiro atoms. The molecule has 0 aromatic carbocycles. The molecule has 2 unspecified atom stereocenters. The molecule has 0 aliphatic heterocycles. The van der Waals surface area contributed by atoms with Crippen molar-refractivity contribution >= 4 is 15.9 Å². The van der Waals surface area contributed by atoms with E-state index in [1.807, 2.05) is 0 Å². The first kappa shape index (κ1) is 15.7. The Morgan fingerprint density at radius 2 is 1.77 bits per heavy atom. The van der Waals surface area contributed by atoms with Gasteiger partial charge in [-0.05, 0) is 74.5 Å². The van der Waals surface area contributed by atoms with Crippen molar-refractivity contribution in [2.75, 3.05) is 0 Å². The van der Waals surface area contributed by atoms with Crippen molar-refractivity contribution in [2.24, 2.45) is 28.6 Å². The van der Waals surface area contributed by atoms with E-state index in [0.29, 0.717) is 11.3 Å². The highest BCUT2D eigenvalue weighted by molar-refractivity contribution is 9.10. The Kier molecular flexibility index (Phi) is 3.44. The van der Waals surface area contributed by atoms with Crippen molar-refractivity contribution in [3.8, 4) is 0 Å². The van der Waals surface area contributed by atoms with Crippen LogP contribution in [-0.4, -0.2) is 20.8 Å². The van der Waals surface area contributed by atoms with E-state index < -0.39 is 4.51 Å². The Morgan fingerprint density at radius 1 is 1.05 bits per heavy atom. The Balaban J connectivity index is 1.68. The first-order chi connectivity index (χ1) is 10.3. The van der Waals surface area contributed by atoms with Gasteiger partial charge in [-0.15, -0.1) is 0 Å². The lowest BCUT2D eigenvalue weighted by Crippen LogP contribution is -2.53. The number of hydrogen-bond acceptors (Lipinski definition) is 2. The van der Waals surface area contributed by atoms with Crippen molar-refractivity contribution in [1.29, 1.82) is 0 Å². The maximum Gasteiger partial charge on any atom is 0.125 e. The molecule has 0 amide bonds. The summed E-state index contributed by atoms with van der Waals surface area (Å²) in [6.07, 6.45) is 10.9. The number of allylic oxidation sites excluding steroid dienone is 1. The molecule has 4 aliphatic rings. The standard InChI is InChI=1S/C19H29BrO2/c1-17-8-5-13(21)11-12(17)3-4-14-15(17)6-9-18(2)16(14)7-10-19(18,20)22/h11,13-16,21-22H,3-10H2,1-2H3/t13?,14-,15-,16+,17+,18+,19?/m1/s1. The highest BCUT2D eigenvalue weighted by Crippen LogP contribution is 2.68. The second kappa shape index (κ2) is 4.83. The smallest absolute Gasteiger partial charge is 0.125 e. The monoisotopic (exact) mass is 368 g/mol. The number of alkyl halides is 1. The summed E-state index contributed by atoms with van der Waals surface area (Å²) in [6, 6.07) is 0. The van der Waals surface area contributed by atoms with Gasteiger partial charge in [-0.25, -0.2) is 0 Å². The number of aliphatic hydroxyl groups excluding tert-OH is 1. The molecule has 0 heterocycles. The second-order valence-corrected chi connectivity index (χ2v) is 10.2. The van der Waals surface area contributed by atoms with Crippen molar-refractivity contribution in [3.63, 3.8) is 0 Å². The average molecular weight is 369 g/mol. The van der Waals surface area contributed by atoms with Crippen LogP contribution in [0.25, 0.3) is 0 Å². The zero-order chi connectivity index (χ0) is 15.8. The molecule has 22 heavy (non-hydrogen) atoms. The van der Waals surface area contributed by atoms with Gasteiger partial charge >= 0.3 is 0 Å². The summed E-state index contributed by atoms with van der Waals surface area (Å²) in [6.45, 7) is 4.77. The van der Waals surface area contributed by atoms with Crippen LogP contribution in [0, 0.1) is 28.6 Å². The van der Waals surface area contributed by atoms with Gasteiger partial charge in [-0.3, -0.25) is 0 Å². The van der Waals surface area contributed by atoms with Gasteiger partial charge in [0.1, 0.15) is 4.51 Å². The normalized spacial score (nSPS) is 57.6. The molecule has 0 aromatic heterocycles. The van der Waals surface area contributed by atoms with Crippen molar-refractivity contribution in [1.82, 2.24) is 0 Å². The lowest BCUT2D eigenvalue weighted by atomic mass is 9.47. The third-order valence-corrected chi connectivity index (χ3v) is 9.44. The van der Waals surface area contributed by atoms with Crippen LogP contribution in [0.2, 0.25) is 0 Å². The molecular formula is C19H29BrO2. The van der Waals surface area contributed by atoms with E-state index in [0.717, 1.165) is 50.4 Å². The van der Waals surface area contributed by atoms with Crippen LogP contribution < -0.4 is 0 Å². The zero-order valence-corrected chi connectivity index (χ0v) is 15.4. The molecule has 4 rings (SSSR count). The van der Waals surface area contributed by atoms with E-state index in [2.05, 4.69) is 35.9 Å². The number of rotatable bonds is 0. The summed E-state index contributed by atoms with van der Waals surface area (Å²) >= 11 is 3.66. The minimum Gasteiger partial charge on any atom is -0.389 e. The number of aliphatic hydroxyl groups is 2. The maximum atomic E-state index is 10.8. The zero-order valence-electron chi connectivity index (χ0n) is 13.8. The van der Waals surface area contributed by atoms with Gasteiger partial charge in [0.25, 0.3) is 0 Å².